The zero-order valence-electron chi connectivity index (χ0n) is 12.2. The van der Waals surface area contributed by atoms with Crippen molar-refractivity contribution in [3.8, 4) is 17.4 Å². The highest BCUT2D eigenvalue weighted by atomic mass is 19.2. The van der Waals surface area contributed by atoms with Gasteiger partial charge in [0.2, 0.25) is 11.8 Å². The van der Waals surface area contributed by atoms with Gasteiger partial charge in [0.25, 0.3) is 0 Å². The fourth-order valence-corrected chi connectivity index (χ4v) is 3.66. The maximum absolute atomic E-state index is 14.2. The van der Waals surface area contributed by atoms with Crippen molar-refractivity contribution in [2.24, 2.45) is 0 Å². The van der Waals surface area contributed by atoms with Gasteiger partial charge in [0, 0.05) is 23.0 Å². The first-order chi connectivity index (χ1) is 11.3. The van der Waals surface area contributed by atoms with E-state index < -0.39 is 46.4 Å². The lowest BCUT2D eigenvalue weighted by molar-refractivity contribution is 0.383. The minimum Gasteiger partial charge on any atom is -0.494 e. The van der Waals surface area contributed by atoms with Crippen molar-refractivity contribution in [3.63, 3.8) is 0 Å². The number of nitrogen functional groups attached to an aromatic ring is 1. The Morgan fingerprint density at radius 3 is 1.62 bits per heavy atom. The summed E-state index contributed by atoms with van der Waals surface area (Å²) in [6.07, 6.45) is 5.05. The summed E-state index contributed by atoms with van der Waals surface area (Å²) in [5.74, 6) is -8.87. The van der Waals surface area contributed by atoms with E-state index in [1.54, 1.807) is 0 Å². The van der Waals surface area contributed by atoms with Gasteiger partial charge in [-0.25, -0.2) is 22.1 Å². The molecule has 3 aliphatic rings. The summed E-state index contributed by atoms with van der Waals surface area (Å²) in [4.78, 5) is 0. The standard InChI is InChI=1S/C16H12F4N2O2/c17-9-11(19)14(12(20)10(18)13(9)21)22-15(23)7-5-1-2-6(4-3-5)8(7)16(22)24/h1-2,5-6,23-24H,3-4,21H2/t5-,6+. The third-order valence-electron chi connectivity index (χ3n) is 4.80. The molecule has 0 unspecified atom stereocenters. The molecule has 2 bridgehead atoms. The van der Waals surface area contributed by atoms with Crippen molar-refractivity contribution in [1.29, 1.82) is 0 Å². The number of nitrogens with two attached hydrogens (primary N) is 1. The molecule has 1 aromatic heterocycles. The number of anilines is 1. The summed E-state index contributed by atoms with van der Waals surface area (Å²) < 4.78 is 56.3. The van der Waals surface area contributed by atoms with Crippen molar-refractivity contribution in [2.75, 3.05) is 5.73 Å². The maximum Gasteiger partial charge on any atom is 0.203 e. The number of halogens is 4. The van der Waals surface area contributed by atoms with Gasteiger partial charge in [0.05, 0.1) is 0 Å². The molecule has 0 fully saturated rings. The van der Waals surface area contributed by atoms with E-state index >= 15 is 0 Å². The van der Waals surface area contributed by atoms with E-state index in [9.17, 15) is 27.8 Å². The molecular weight excluding hydrogens is 328 g/mol. The molecule has 0 radical (unpaired) electrons. The maximum atomic E-state index is 14.2. The van der Waals surface area contributed by atoms with Gasteiger partial charge < -0.3 is 15.9 Å². The van der Waals surface area contributed by atoms with Gasteiger partial charge in [-0.2, -0.15) is 0 Å². The highest BCUT2D eigenvalue weighted by Crippen LogP contribution is 2.54. The molecule has 126 valence electrons. The van der Waals surface area contributed by atoms with Crippen molar-refractivity contribution in [3.05, 3.63) is 46.5 Å². The van der Waals surface area contributed by atoms with Crippen molar-refractivity contribution in [1.82, 2.24) is 4.57 Å². The fourth-order valence-electron chi connectivity index (χ4n) is 3.66. The van der Waals surface area contributed by atoms with E-state index in [4.69, 9.17) is 5.73 Å². The average molecular weight is 340 g/mol. The Morgan fingerprint density at radius 2 is 1.25 bits per heavy atom. The van der Waals surface area contributed by atoms with E-state index in [1.807, 2.05) is 12.2 Å². The van der Waals surface area contributed by atoms with E-state index in [1.165, 1.54) is 0 Å². The predicted octanol–water partition coefficient (Wildman–Crippen LogP) is 3.56. The Bertz CT molecular complexity index is 853. The van der Waals surface area contributed by atoms with Crippen LogP contribution in [-0.4, -0.2) is 14.8 Å². The lowest BCUT2D eigenvalue weighted by Gasteiger charge is -2.30. The molecular formula is C16H12F4N2O2. The second-order valence-electron chi connectivity index (χ2n) is 6.00. The predicted molar refractivity (Wildman–Crippen MR) is 77.2 cm³/mol. The second kappa shape index (κ2) is 4.68. The smallest absolute Gasteiger partial charge is 0.203 e. The van der Waals surface area contributed by atoms with Crippen LogP contribution in [-0.2, 0) is 0 Å². The minimum atomic E-state index is -1.79. The Hall–Kier alpha value is -2.64. The number of hydrogen-bond acceptors (Lipinski definition) is 3. The molecule has 1 aromatic carbocycles. The number of benzene rings is 1. The lowest BCUT2D eigenvalue weighted by atomic mass is 9.73. The molecule has 5 rings (SSSR count). The monoisotopic (exact) mass is 340 g/mol. The van der Waals surface area contributed by atoms with Gasteiger partial charge in [-0.3, -0.25) is 0 Å². The molecule has 4 nitrogen and oxygen atoms in total. The molecule has 2 atom stereocenters. The Labute approximate surface area is 133 Å². The molecule has 0 spiro atoms. The first kappa shape index (κ1) is 14.9. The van der Waals surface area contributed by atoms with Crippen LogP contribution in [0, 0.1) is 23.3 Å². The number of aromatic nitrogens is 1. The van der Waals surface area contributed by atoms with E-state index in [2.05, 4.69) is 0 Å². The van der Waals surface area contributed by atoms with E-state index in [0.717, 1.165) is 0 Å². The van der Waals surface area contributed by atoms with Crippen LogP contribution in [0.4, 0.5) is 23.2 Å². The van der Waals surface area contributed by atoms with Crippen LogP contribution in [0.2, 0.25) is 0 Å². The molecule has 8 heteroatoms. The SMILES string of the molecule is Nc1c(F)c(F)c(-n2c(O)c3c(c2O)[C@H]2C=C[C@@H]3CC2)c(F)c1F. The summed E-state index contributed by atoms with van der Waals surface area (Å²) in [6.45, 7) is 0. The Morgan fingerprint density at radius 1 is 0.833 bits per heavy atom. The molecule has 4 N–H and O–H groups in total. The molecule has 0 saturated heterocycles. The number of allylic oxidation sites excluding steroid dienone is 2. The number of hydrogen-bond donors (Lipinski definition) is 3. The van der Waals surface area contributed by atoms with Gasteiger partial charge in [-0.05, 0) is 12.8 Å². The summed E-state index contributed by atoms with van der Waals surface area (Å²) in [5.41, 5.74) is 3.09. The van der Waals surface area contributed by atoms with Crippen LogP contribution in [0.5, 0.6) is 11.8 Å². The Kier molecular flexibility index (Phi) is 2.91. The lowest BCUT2D eigenvalue weighted by Crippen LogP contribution is -2.15. The van der Waals surface area contributed by atoms with Crippen LogP contribution >= 0.6 is 0 Å². The van der Waals surface area contributed by atoms with Crippen LogP contribution in [0.1, 0.15) is 35.8 Å². The normalized spacial score (nSPS) is 21.3. The zero-order valence-corrected chi connectivity index (χ0v) is 12.2. The van der Waals surface area contributed by atoms with Gasteiger partial charge in [-0.15, -0.1) is 0 Å². The highest BCUT2D eigenvalue weighted by Gasteiger charge is 2.39. The average Bonchev–Trinajstić information content (AvgIpc) is 2.87. The van der Waals surface area contributed by atoms with Gasteiger partial charge in [0.1, 0.15) is 11.4 Å². The van der Waals surface area contributed by atoms with Gasteiger partial charge in [0.15, 0.2) is 23.3 Å². The van der Waals surface area contributed by atoms with Crippen molar-refractivity contribution >= 4 is 5.69 Å². The van der Waals surface area contributed by atoms with Gasteiger partial charge >= 0.3 is 0 Å². The van der Waals surface area contributed by atoms with E-state index in [-0.39, 0.29) is 11.8 Å². The third kappa shape index (κ3) is 1.63. The topological polar surface area (TPSA) is 71.4 Å². The number of aromatic hydroxyl groups is 2. The minimum absolute atomic E-state index is 0.230. The molecule has 2 aromatic rings. The summed E-state index contributed by atoms with van der Waals surface area (Å²) in [6, 6.07) is 0. The van der Waals surface area contributed by atoms with Crippen LogP contribution in [0.3, 0.4) is 0 Å². The van der Waals surface area contributed by atoms with Crippen LogP contribution in [0.25, 0.3) is 5.69 Å². The third-order valence-corrected chi connectivity index (χ3v) is 4.80. The number of fused-ring (bicyclic) bond motifs is 1. The first-order valence-corrected chi connectivity index (χ1v) is 7.31. The second-order valence-corrected chi connectivity index (χ2v) is 6.00. The van der Waals surface area contributed by atoms with Gasteiger partial charge in [-0.1, -0.05) is 12.2 Å². The molecule has 1 heterocycles. The largest absolute Gasteiger partial charge is 0.494 e. The molecule has 3 aliphatic carbocycles. The zero-order chi connectivity index (χ0) is 17.3. The summed E-state index contributed by atoms with van der Waals surface area (Å²) in [7, 11) is 0. The summed E-state index contributed by atoms with van der Waals surface area (Å²) in [5, 5.41) is 20.8. The summed E-state index contributed by atoms with van der Waals surface area (Å²) >= 11 is 0. The van der Waals surface area contributed by atoms with Crippen LogP contribution in [0.15, 0.2) is 12.2 Å². The first-order valence-electron chi connectivity index (χ1n) is 7.31. The number of nitrogens with zero attached hydrogens (tertiary/aromatic N) is 1. The highest BCUT2D eigenvalue weighted by molar-refractivity contribution is 5.62. The fraction of sp³-hybridized carbons (Fsp3) is 0.250. The van der Waals surface area contributed by atoms with E-state index in [0.29, 0.717) is 28.5 Å². The van der Waals surface area contributed by atoms with Crippen molar-refractivity contribution < 1.29 is 27.8 Å². The van der Waals surface area contributed by atoms with Crippen molar-refractivity contribution in [2.45, 2.75) is 24.7 Å². The van der Waals surface area contributed by atoms with Crippen LogP contribution < -0.4 is 5.73 Å². The molecule has 0 amide bonds. The molecule has 24 heavy (non-hydrogen) atoms. The quantitative estimate of drug-likeness (QED) is 0.322. The Balaban J connectivity index is 2.07. The number of rotatable bonds is 1. The molecule has 0 saturated carbocycles. The molecule has 0 aliphatic heterocycles.